The molecule has 1 heterocycles. The van der Waals surface area contributed by atoms with E-state index in [-0.39, 0.29) is 18.2 Å². The number of carbonyl (C=O) groups is 2. The lowest BCUT2D eigenvalue weighted by Gasteiger charge is -2.10. The Balaban J connectivity index is 2.01. The molecule has 0 radical (unpaired) electrons. The number of amidine groups is 1. The first-order valence-corrected chi connectivity index (χ1v) is 8.06. The fourth-order valence-electron chi connectivity index (χ4n) is 1.99. The molecule has 1 atom stereocenters. The van der Waals surface area contributed by atoms with Gasteiger partial charge in [-0.3, -0.25) is 19.5 Å². The van der Waals surface area contributed by atoms with E-state index in [0.29, 0.717) is 10.9 Å². The molecule has 1 N–H and O–H groups in total. The van der Waals surface area contributed by atoms with Gasteiger partial charge in [0.15, 0.2) is 5.17 Å². The topological polar surface area (TPSA) is 61.8 Å². The Morgan fingerprint density at radius 3 is 2.81 bits per heavy atom. The van der Waals surface area contributed by atoms with Gasteiger partial charge in [-0.15, -0.1) is 0 Å². The molecule has 1 aliphatic heterocycles. The summed E-state index contributed by atoms with van der Waals surface area (Å²) in [5, 5.41) is 3.07. The summed E-state index contributed by atoms with van der Waals surface area (Å²) in [6, 6.07) is 5.69. The fourth-order valence-corrected chi connectivity index (χ4v) is 3.68. The normalized spacial score (nSPS) is 20.2. The highest BCUT2D eigenvalue weighted by Crippen LogP contribution is 2.29. The Kier molecular flexibility index (Phi) is 5.05. The second kappa shape index (κ2) is 6.62. The minimum absolute atomic E-state index is 0.0845. The quantitative estimate of drug-likeness (QED) is 0.890. The van der Waals surface area contributed by atoms with Crippen LogP contribution in [-0.2, 0) is 9.59 Å². The predicted octanol–water partition coefficient (Wildman–Crippen LogP) is 2.65. The van der Waals surface area contributed by atoms with Crippen molar-refractivity contribution in [2.24, 2.45) is 4.99 Å². The summed E-state index contributed by atoms with van der Waals surface area (Å²) in [6.45, 7) is 1.98. The maximum Gasteiger partial charge on any atom is 0.242 e. The lowest BCUT2D eigenvalue weighted by Crippen LogP contribution is -2.30. The summed E-state index contributed by atoms with van der Waals surface area (Å²) < 4.78 is 0.828. The molecule has 0 aliphatic carbocycles. The van der Waals surface area contributed by atoms with Crippen LogP contribution in [0.5, 0.6) is 0 Å². The summed E-state index contributed by atoms with van der Waals surface area (Å²) in [6.07, 6.45) is 0.132. The summed E-state index contributed by atoms with van der Waals surface area (Å²) in [5.41, 5.74) is 1.81. The van der Waals surface area contributed by atoms with Crippen molar-refractivity contribution in [2.45, 2.75) is 18.6 Å². The van der Waals surface area contributed by atoms with Crippen LogP contribution >= 0.6 is 27.7 Å². The molecule has 1 fully saturated rings. The van der Waals surface area contributed by atoms with Gasteiger partial charge in [0, 0.05) is 25.0 Å². The number of hydrogen-bond acceptors (Lipinski definition) is 4. The van der Waals surface area contributed by atoms with E-state index >= 15 is 0 Å². The monoisotopic (exact) mass is 369 g/mol. The number of rotatable bonds is 3. The SMILES string of the molecule is CN=C1S[C@@H](CC(=O)Nc2ccc(C)cc2Br)C(=O)N1C. The highest BCUT2D eigenvalue weighted by Gasteiger charge is 2.36. The summed E-state index contributed by atoms with van der Waals surface area (Å²) in [4.78, 5) is 29.6. The zero-order chi connectivity index (χ0) is 15.6. The van der Waals surface area contributed by atoms with Crippen LogP contribution in [-0.4, -0.2) is 41.2 Å². The Morgan fingerprint density at radius 2 is 2.24 bits per heavy atom. The van der Waals surface area contributed by atoms with Gasteiger partial charge in [0.05, 0.1) is 5.69 Å². The second-order valence-corrected chi connectivity index (χ2v) is 6.77. The van der Waals surface area contributed by atoms with Crippen molar-refractivity contribution in [2.75, 3.05) is 19.4 Å². The number of nitrogens with one attached hydrogen (secondary N) is 1. The van der Waals surface area contributed by atoms with E-state index in [9.17, 15) is 9.59 Å². The van der Waals surface area contributed by atoms with Crippen LogP contribution in [0.2, 0.25) is 0 Å². The van der Waals surface area contributed by atoms with Crippen molar-refractivity contribution < 1.29 is 9.59 Å². The number of nitrogens with zero attached hydrogens (tertiary/aromatic N) is 2. The van der Waals surface area contributed by atoms with Gasteiger partial charge in [-0.1, -0.05) is 17.8 Å². The Bertz CT molecular complexity index is 618. The number of halogens is 1. The van der Waals surface area contributed by atoms with Gasteiger partial charge in [0.1, 0.15) is 5.25 Å². The molecule has 0 aromatic heterocycles. The molecule has 1 saturated heterocycles. The van der Waals surface area contributed by atoms with Crippen molar-refractivity contribution in [3.05, 3.63) is 28.2 Å². The van der Waals surface area contributed by atoms with E-state index in [0.717, 1.165) is 10.0 Å². The average molecular weight is 370 g/mol. The van der Waals surface area contributed by atoms with Crippen LogP contribution in [0.25, 0.3) is 0 Å². The number of anilines is 1. The van der Waals surface area contributed by atoms with Crippen LogP contribution in [0.1, 0.15) is 12.0 Å². The maximum atomic E-state index is 12.1. The Labute approximate surface area is 136 Å². The minimum Gasteiger partial charge on any atom is -0.325 e. The number of benzene rings is 1. The molecule has 1 aliphatic rings. The molecule has 112 valence electrons. The Hall–Kier alpha value is -1.34. The molecule has 21 heavy (non-hydrogen) atoms. The van der Waals surface area contributed by atoms with Crippen LogP contribution in [0.3, 0.4) is 0 Å². The zero-order valence-corrected chi connectivity index (χ0v) is 14.4. The molecule has 2 amide bonds. The van der Waals surface area contributed by atoms with Crippen molar-refractivity contribution >= 4 is 50.4 Å². The third kappa shape index (κ3) is 3.65. The molecule has 0 saturated carbocycles. The van der Waals surface area contributed by atoms with E-state index in [1.54, 1.807) is 14.1 Å². The van der Waals surface area contributed by atoms with E-state index < -0.39 is 5.25 Å². The molecule has 0 unspecified atom stereocenters. The molecule has 5 nitrogen and oxygen atoms in total. The number of aryl methyl sites for hydroxylation is 1. The van der Waals surface area contributed by atoms with Gasteiger partial charge in [0.25, 0.3) is 0 Å². The molecule has 0 bridgehead atoms. The first kappa shape index (κ1) is 16.0. The first-order chi connectivity index (χ1) is 9.92. The number of carbonyl (C=O) groups excluding carboxylic acids is 2. The van der Waals surface area contributed by atoms with Gasteiger partial charge in [-0.25, -0.2) is 0 Å². The van der Waals surface area contributed by atoms with Gasteiger partial charge >= 0.3 is 0 Å². The zero-order valence-electron chi connectivity index (χ0n) is 12.0. The van der Waals surface area contributed by atoms with Crippen molar-refractivity contribution in [1.29, 1.82) is 0 Å². The van der Waals surface area contributed by atoms with Crippen LogP contribution in [0.4, 0.5) is 5.69 Å². The van der Waals surface area contributed by atoms with Crippen molar-refractivity contribution in [1.82, 2.24) is 4.90 Å². The smallest absolute Gasteiger partial charge is 0.242 e. The molecule has 2 rings (SSSR count). The summed E-state index contributed by atoms with van der Waals surface area (Å²) in [5.74, 6) is -0.269. The van der Waals surface area contributed by atoms with Crippen LogP contribution < -0.4 is 5.32 Å². The summed E-state index contributed by atoms with van der Waals surface area (Å²) >= 11 is 4.74. The summed E-state index contributed by atoms with van der Waals surface area (Å²) in [7, 11) is 3.31. The number of aliphatic imine (C=N–C) groups is 1. The highest BCUT2D eigenvalue weighted by molar-refractivity contribution is 9.10. The molecule has 0 spiro atoms. The molecule has 1 aromatic carbocycles. The molecular formula is C14H16BrN3O2S. The molecular weight excluding hydrogens is 354 g/mol. The lowest BCUT2D eigenvalue weighted by atomic mass is 10.2. The third-order valence-corrected chi connectivity index (χ3v) is 5.08. The molecule has 1 aromatic rings. The first-order valence-electron chi connectivity index (χ1n) is 6.39. The third-order valence-electron chi connectivity index (χ3n) is 3.10. The predicted molar refractivity (Wildman–Crippen MR) is 89.6 cm³/mol. The minimum atomic E-state index is -0.405. The maximum absolute atomic E-state index is 12.1. The fraction of sp³-hybridized carbons (Fsp3) is 0.357. The highest BCUT2D eigenvalue weighted by atomic mass is 79.9. The van der Waals surface area contributed by atoms with Gasteiger partial charge in [0.2, 0.25) is 11.8 Å². The van der Waals surface area contributed by atoms with Crippen LogP contribution in [0, 0.1) is 6.92 Å². The van der Waals surface area contributed by atoms with Crippen molar-refractivity contribution in [3.8, 4) is 0 Å². The number of amides is 2. The average Bonchev–Trinajstić information content (AvgIpc) is 2.70. The van der Waals surface area contributed by atoms with E-state index in [1.165, 1.54) is 16.7 Å². The van der Waals surface area contributed by atoms with Gasteiger partial charge in [-0.05, 0) is 40.5 Å². The van der Waals surface area contributed by atoms with E-state index in [4.69, 9.17) is 0 Å². The van der Waals surface area contributed by atoms with Crippen LogP contribution in [0.15, 0.2) is 27.7 Å². The number of thioether (sulfide) groups is 1. The number of hydrogen-bond donors (Lipinski definition) is 1. The second-order valence-electron chi connectivity index (χ2n) is 4.75. The van der Waals surface area contributed by atoms with Gasteiger partial charge in [-0.2, -0.15) is 0 Å². The molecule has 7 heteroatoms. The Morgan fingerprint density at radius 1 is 1.52 bits per heavy atom. The van der Waals surface area contributed by atoms with E-state index in [1.807, 2.05) is 25.1 Å². The van der Waals surface area contributed by atoms with Crippen molar-refractivity contribution in [3.63, 3.8) is 0 Å². The standard InChI is InChI=1S/C14H16BrN3O2S/c1-8-4-5-10(9(15)6-8)17-12(19)7-11-13(20)18(3)14(16-2)21-11/h4-6,11H,7H2,1-3H3,(H,17,19)/t11-/m0/s1. The van der Waals surface area contributed by atoms with E-state index in [2.05, 4.69) is 26.2 Å². The largest absolute Gasteiger partial charge is 0.325 e. The lowest BCUT2D eigenvalue weighted by molar-refractivity contribution is -0.127. The van der Waals surface area contributed by atoms with Gasteiger partial charge < -0.3 is 5.32 Å².